The van der Waals surface area contributed by atoms with E-state index in [1.54, 1.807) is 36.1 Å². The number of benzene rings is 1. The number of carboxylic acids is 1. The molecule has 0 radical (unpaired) electrons. The van der Waals surface area contributed by atoms with E-state index in [0.29, 0.717) is 36.2 Å². The molecular formula is C17H19N3O6. The van der Waals surface area contributed by atoms with Crippen LogP contribution in [0.1, 0.15) is 28.5 Å². The Bertz CT molecular complexity index is 790. The van der Waals surface area contributed by atoms with Crippen molar-refractivity contribution in [3.63, 3.8) is 0 Å². The van der Waals surface area contributed by atoms with Crippen LogP contribution in [0.3, 0.4) is 0 Å². The summed E-state index contributed by atoms with van der Waals surface area (Å²) in [7, 11) is 0. The molecule has 1 aliphatic heterocycles. The molecule has 1 fully saturated rings. The number of ether oxygens (including phenoxy) is 2. The van der Waals surface area contributed by atoms with E-state index in [1.165, 1.54) is 0 Å². The van der Waals surface area contributed by atoms with Crippen LogP contribution in [0, 0.1) is 6.92 Å². The van der Waals surface area contributed by atoms with Gasteiger partial charge in [0.15, 0.2) is 6.61 Å². The molecule has 9 nitrogen and oxygen atoms in total. The lowest BCUT2D eigenvalue weighted by Gasteiger charge is -2.32. The predicted molar refractivity (Wildman–Crippen MR) is 87.7 cm³/mol. The zero-order valence-electron chi connectivity index (χ0n) is 14.3. The lowest BCUT2D eigenvalue weighted by molar-refractivity contribution is -0.141. The van der Waals surface area contributed by atoms with Crippen molar-refractivity contribution in [1.82, 2.24) is 15.0 Å². The van der Waals surface area contributed by atoms with Gasteiger partial charge in [0.1, 0.15) is 5.75 Å². The molecule has 3 rings (SSSR count). The second kappa shape index (κ2) is 7.96. The van der Waals surface area contributed by atoms with Gasteiger partial charge in [-0.1, -0.05) is 17.3 Å². The summed E-state index contributed by atoms with van der Waals surface area (Å²) in [5.74, 6) is 0.0386. The topological polar surface area (TPSA) is 115 Å². The van der Waals surface area contributed by atoms with Crippen molar-refractivity contribution < 1.29 is 28.7 Å². The fraction of sp³-hybridized carbons (Fsp3) is 0.412. The molecule has 1 aromatic carbocycles. The standard InChI is InChI=1S/C17H19N3O6/c1-11-18-15(19-26-11)10-25-14-5-3-2-4-13(14)17(23)20-6-7-24-12(9-20)8-16(21)22/h2-5,12H,6-10H2,1H3,(H,21,22). The third-order valence-electron chi connectivity index (χ3n) is 3.87. The molecule has 0 bridgehead atoms. The van der Waals surface area contributed by atoms with E-state index >= 15 is 0 Å². The van der Waals surface area contributed by atoms with Crippen molar-refractivity contribution in [1.29, 1.82) is 0 Å². The molecule has 138 valence electrons. The molecule has 0 aliphatic carbocycles. The molecule has 1 N–H and O–H groups in total. The quantitative estimate of drug-likeness (QED) is 0.818. The number of hydrogen-bond donors (Lipinski definition) is 1. The molecule has 1 unspecified atom stereocenters. The summed E-state index contributed by atoms with van der Waals surface area (Å²) in [5.41, 5.74) is 0.392. The van der Waals surface area contributed by atoms with Gasteiger partial charge in [0, 0.05) is 20.0 Å². The Kier molecular flexibility index (Phi) is 5.47. The van der Waals surface area contributed by atoms with Crippen LogP contribution >= 0.6 is 0 Å². The molecule has 1 aliphatic rings. The first-order chi connectivity index (χ1) is 12.5. The van der Waals surface area contributed by atoms with Crippen LogP contribution in [0.2, 0.25) is 0 Å². The number of aromatic nitrogens is 2. The van der Waals surface area contributed by atoms with Crippen LogP contribution in [-0.2, 0) is 16.1 Å². The summed E-state index contributed by atoms with van der Waals surface area (Å²) in [6, 6.07) is 6.87. The van der Waals surface area contributed by atoms with E-state index in [1.807, 2.05) is 0 Å². The largest absolute Gasteiger partial charge is 0.485 e. The number of amides is 1. The third kappa shape index (κ3) is 4.37. The van der Waals surface area contributed by atoms with E-state index in [2.05, 4.69) is 10.1 Å². The number of para-hydroxylation sites is 1. The van der Waals surface area contributed by atoms with Crippen LogP contribution in [0.5, 0.6) is 5.75 Å². The number of hydrogen-bond acceptors (Lipinski definition) is 7. The second-order valence-corrected chi connectivity index (χ2v) is 5.86. The van der Waals surface area contributed by atoms with Gasteiger partial charge in [0.05, 0.1) is 24.7 Å². The highest BCUT2D eigenvalue weighted by molar-refractivity contribution is 5.97. The van der Waals surface area contributed by atoms with E-state index < -0.39 is 12.1 Å². The molecule has 1 amide bonds. The third-order valence-corrected chi connectivity index (χ3v) is 3.87. The zero-order valence-corrected chi connectivity index (χ0v) is 14.3. The number of aryl methyl sites for hydroxylation is 1. The number of aliphatic carboxylic acids is 1. The molecule has 26 heavy (non-hydrogen) atoms. The van der Waals surface area contributed by atoms with Gasteiger partial charge in [-0.15, -0.1) is 0 Å². The first kappa shape index (κ1) is 17.9. The molecule has 2 aromatic rings. The SMILES string of the molecule is Cc1nc(COc2ccccc2C(=O)N2CCOC(CC(=O)O)C2)no1. The van der Waals surface area contributed by atoms with Crippen LogP contribution in [0.15, 0.2) is 28.8 Å². The zero-order chi connectivity index (χ0) is 18.5. The highest BCUT2D eigenvalue weighted by Gasteiger charge is 2.28. The normalized spacial score (nSPS) is 17.1. The second-order valence-electron chi connectivity index (χ2n) is 5.86. The molecule has 1 saturated heterocycles. The maximum Gasteiger partial charge on any atom is 0.306 e. The van der Waals surface area contributed by atoms with E-state index in [9.17, 15) is 9.59 Å². The number of carboxylic acid groups (broad SMARTS) is 1. The van der Waals surface area contributed by atoms with Gasteiger partial charge in [0.25, 0.3) is 5.91 Å². The van der Waals surface area contributed by atoms with Gasteiger partial charge < -0.3 is 24.0 Å². The van der Waals surface area contributed by atoms with Crippen molar-refractivity contribution in [3.8, 4) is 5.75 Å². The molecule has 1 aromatic heterocycles. The number of carbonyl (C=O) groups is 2. The van der Waals surface area contributed by atoms with Crippen LogP contribution in [-0.4, -0.2) is 57.8 Å². The van der Waals surface area contributed by atoms with E-state index in [0.717, 1.165) is 0 Å². The summed E-state index contributed by atoms with van der Waals surface area (Å²) in [6.07, 6.45) is -0.653. The summed E-state index contributed by atoms with van der Waals surface area (Å²) >= 11 is 0. The van der Waals surface area contributed by atoms with Crippen LogP contribution in [0.4, 0.5) is 0 Å². The molecule has 1 atom stereocenters. The van der Waals surface area contributed by atoms with Gasteiger partial charge in [-0.05, 0) is 12.1 Å². The van der Waals surface area contributed by atoms with Crippen molar-refractivity contribution in [2.45, 2.75) is 26.1 Å². The summed E-state index contributed by atoms with van der Waals surface area (Å²) in [6.45, 7) is 2.68. The number of rotatable bonds is 6. The number of morpholine rings is 1. The van der Waals surface area contributed by atoms with Gasteiger partial charge in [0.2, 0.25) is 11.7 Å². The Hall–Kier alpha value is -2.94. The number of carbonyl (C=O) groups excluding carboxylic acids is 1. The molecular weight excluding hydrogens is 342 g/mol. The maximum atomic E-state index is 12.9. The predicted octanol–water partition coefficient (Wildman–Crippen LogP) is 1.27. The van der Waals surface area contributed by atoms with E-state index in [-0.39, 0.29) is 25.5 Å². The molecule has 0 spiro atoms. The summed E-state index contributed by atoms with van der Waals surface area (Å²) in [4.78, 5) is 29.4. The fourth-order valence-corrected chi connectivity index (χ4v) is 2.70. The minimum absolute atomic E-state index is 0.0758. The highest BCUT2D eigenvalue weighted by atomic mass is 16.5. The Morgan fingerprint density at radius 2 is 2.19 bits per heavy atom. The van der Waals surface area contributed by atoms with Crippen molar-refractivity contribution in [2.24, 2.45) is 0 Å². The summed E-state index contributed by atoms with van der Waals surface area (Å²) < 4.78 is 16.0. The van der Waals surface area contributed by atoms with Crippen molar-refractivity contribution in [3.05, 3.63) is 41.5 Å². The molecule has 2 heterocycles. The average molecular weight is 361 g/mol. The lowest BCUT2D eigenvalue weighted by atomic mass is 10.1. The maximum absolute atomic E-state index is 12.9. The van der Waals surface area contributed by atoms with E-state index in [4.69, 9.17) is 19.1 Å². The first-order valence-electron chi connectivity index (χ1n) is 8.16. The Morgan fingerprint density at radius 3 is 2.92 bits per heavy atom. The van der Waals surface area contributed by atoms with Gasteiger partial charge >= 0.3 is 5.97 Å². The molecule has 0 saturated carbocycles. The van der Waals surface area contributed by atoms with Crippen molar-refractivity contribution in [2.75, 3.05) is 19.7 Å². The lowest BCUT2D eigenvalue weighted by Crippen LogP contribution is -2.46. The highest BCUT2D eigenvalue weighted by Crippen LogP contribution is 2.22. The monoisotopic (exact) mass is 361 g/mol. The van der Waals surface area contributed by atoms with Crippen LogP contribution < -0.4 is 4.74 Å². The van der Waals surface area contributed by atoms with Gasteiger partial charge in [-0.3, -0.25) is 9.59 Å². The Balaban J connectivity index is 1.69. The Morgan fingerprint density at radius 1 is 1.38 bits per heavy atom. The van der Waals surface area contributed by atoms with Crippen molar-refractivity contribution >= 4 is 11.9 Å². The Labute approximate surface area is 149 Å². The minimum Gasteiger partial charge on any atom is -0.485 e. The minimum atomic E-state index is -0.955. The number of nitrogens with zero attached hydrogens (tertiary/aromatic N) is 3. The summed E-state index contributed by atoms with van der Waals surface area (Å²) in [5, 5.41) is 12.7. The first-order valence-corrected chi connectivity index (χ1v) is 8.16. The fourth-order valence-electron chi connectivity index (χ4n) is 2.70. The van der Waals surface area contributed by atoms with Gasteiger partial charge in [-0.25, -0.2) is 0 Å². The van der Waals surface area contributed by atoms with Gasteiger partial charge in [-0.2, -0.15) is 4.98 Å². The molecule has 9 heteroatoms. The smallest absolute Gasteiger partial charge is 0.306 e. The average Bonchev–Trinajstić information content (AvgIpc) is 3.04. The van der Waals surface area contributed by atoms with Crippen LogP contribution in [0.25, 0.3) is 0 Å².